The van der Waals surface area contributed by atoms with Crippen molar-refractivity contribution in [2.45, 2.75) is 46.6 Å². The third-order valence-corrected chi connectivity index (χ3v) is 1.98. The largest absolute Gasteiger partial charge is 0.425 e. The zero-order chi connectivity index (χ0) is 11.3. The van der Waals surface area contributed by atoms with Gasteiger partial charge in [-0.3, -0.25) is 0 Å². The van der Waals surface area contributed by atoms with E-state index in [0.29, 0.717) is 12.0 Å². The van der Waals surface area contributed by atoms with Crippen molar-refractivity contribution in [1.82, 2.24) is 15.5 Å². The standard InChI is InChI=1S/C11H21N3O/c1-8(2)7-11-14-13-10(15-11)5-6-12-9(3)4/h8-9,12H,5-7H2,1-4H3. The molecule has 1 aromatic rings. The Morgan fingerprint density at radius 1 is 1.13 bits per heavy atom. The van der Waals surface area contributed by atoms with Gasteiger partial charge in [0.05, 0.1) is 0 Å². The molecule has 0 saturated heterocycles. The smallest absolute Gasteiger partial charge is 0.217 e. The Morgan fingerprint density at radius 3 is 2.40 bits per heavy atom. The van der Waals surface area contributed by atoms with Crippen LogP contribution in [0.2, 0.25) is 0 Å². The van der Waals surface area contributed by atoms with Crippen molar-refractivity contribution in [1.29, 1.82) is 0 Å². The molecule has 0 aliphatic rings. The Kier molecular flexibility index (Phi) is 4.75. The minimum Gasteiger partial charge on any atom is -0.425 e. The van der Waals surface area contributed by atoms with Crippen LogP contribution in [0.4, 0.5) is 0 Å². The van der Waals surface area contributed by atoms with Crippen LogP contribution in [0.1, 0.15) is 39.5 Å². The van der Waals surface area contributed by atoms with E-state index in [2.05, 4.69) is 43.2 Å². The van der Waals surface area contributed by atoms with Crippen LogP contribution in [0.3, 0.4) is 0 Å². The monoisotopic (exact) mass is 211 g/mol. The Bertz CT molecular complexity index is 281. The first-order valence-electron chi connectivity index (χ1n) is 5.62. The summed E-state index contributed by atoms with van der Waals surface area (Å²) in [5.74, 6) is 2.05. The molecule has 4 nitrogen and oxygen atoms in total. The van der Waals surface area contributed by atoms with Gasteiger partial charge >= 0.3 is 0 Å². The maximum atomic E-state index is 5.51. The second kappa shape index (κ2) is 5.85. The molecule has 0 unspecified atom stereocenters. The van der Waals surface area contributed by atoms with Gasteiger partial charge in [0, 0.05) is 25.4 Å². The molecule has 0 amide bonds. The number of rotatable bonds is 6. The Balaban J connectivity index is 2.33. The Morgan fingerprint density at radius 2 is 1.80 bits per heavy atom. The topological polar surface area (TPSA) is 51.0 Å². The van der Waals surface area contributed by atoms with E-state index >= 15 is 0 Å². The van der Waals surface area contributed by atoms with Crippen LogP contribution in [0, 0.1) is 5.92 Å². The number of nitrogens with one attached hydrogen (secondary N) is 1. The third-order valence-electron chi connectivity index (χ3n) is 1.98. The van der Waals surface area contributed by atoms with Crippen molar-refractivity contribution in [3.63, 3.8) is 0 Å². The summed E-state index contributed by atoms with van der Waals surface area (Å²) < 4.78 is 5.51. The van der Waals surface area contributed by atoms with E-state index in [4.69, 9.17) is 4.42 Å². The fraction of sp³-hybridized carbons (Fsp3) is 0.818. The van der Waals surface area contributed by atoms with Crippen molar-refractivity contribution >= 4 is 0 Å². The summed E-state index contributed by atoms with van der Waals surface area (Å²) in [6.07, 6.45) is 1.67. The van der Waals surface area contributed by atoms with Gasteiger partial charge in [-0.1, -0.05) is 27.7 Å². The van der Waals surface area contributed by atoms with Gasteiger partial charge in [0.25, 0.3) is 0 Å². The molecule has 1 heterocycles. The van der Waals surface area contributed by atoms with Crippen LogP contribution in [0.25, 0.3) is 0 Å². The molecule has 0 bridgehead atoms. The normalized spacial score (nSPS) is 11.6. The highest BCUT2D eigenvalue weighted by Crippen LogP contribution is 2.06. The van der Waals surface area contributed by atoms with E-state index in [9.17, 15) is 0 Å². The highest BCUT2D eigenvalue weighted by Gasteiger charge is 2.07. The maximum Gasteiger partial charge on any atom is 0.217 e. The average molecular weight is 211 g/mol. The van der Waals surface area contributed by atoms with Crippen LogP contribution in [-0.4, -0.2) is 22.8 Å². The average Bonchev–Trinajstić information content (AvgIpc) is 2.50. The summed E-state index contributed by atoms with van der Waals surface area (Å²) in [7, 11) is 0. The van der Waals surface area contributed by atoms with Crippen molar-refractivity contribution in [2.24, 2.45) is 5.92 Å². The molecule has 0 radical (unpaired) electrons. The zero-order valence-corrected chi connectivity index (χ0v) is 10.1. The summed E-state index contributed by atoms with van der Waals surface area (Å²) >= 11 is 0. The van der Waals surface area contributed by atoms with Gasteiger partial charge in [-0.05, 0) is 5.92 Å². The minimum absolute atomic E-state index is 0.503. The van der Waals surface area contributed by atoms with Gasteiger partial charge < -0.3 is 9.73 Å². The molecule has 1 aromatic heterocycles. The molecule has 0 aliphatic heterocycles. The van der Waals surface area contributed by atoms with E-state index < -0.39 is 0 Å². The molecule has 0 saturated carbocycles. The molecule has 15 heavy (non-hydrogen) atoms. The minimum atomic E-state index is 0.503. The van der Waals surface area contributed by atoms with Crippen molar-refractivity contribution in [3.8, 4) is 0 Å². The van der Waals surface area contributed by atoms with Gasteiger partial charge in [0.1, 0.15) is 0 Å². The van der Waals surface area contributed by atoms with Gasteiger partial charge in [0.2, 0.25) is 11.8 Å². The lowest BCUT2D eigenvalue weighted by molar-refractivity contribution is 0.419. The van der Waals surface area contributed by atoms with Gasteiger partial charge in [0.15, 0.2) is 0 Å². The lowest BCUT2D eigenvalue weighted by Gasteiger charge is -2.04. The van der Waals surface area contributed by atoms with Crippen molar-refractivity contribution in [2.75, 3.05) is 6.54 Å². The van der Waals surface area contributed by atoms with E-state index in [1.54, 1.807) is 0 Å². The van der Waals surface area contributed by atoms with Crippen LogP contribution in [0.5, 0.6) is 0 Å². The molecule has 0 atom stereocenters. The summed E-state index contributed by atoms with van der Waals surface area (Å²) in [5, 5.41) is 11.3. The number of hydrogen-bond donors (Lipinski definition) is 1. The van der Waals surface area contributed by atoms with Crippen LogP contribution < -0.4 is 5.32 Å². The van der Waals surface area contributed by atoms with E-state index in [0.717, 1.165) is 31.2 Å². The number of aromatic nitrogens is 2. The SMILES string of the molecule is CC(C)Cc1nnc(CCNC(C)C)o1. The highest BCUT2D eigenvalue weighted by atomic mass is 16.4. The predicted molar refractivity (Wildman–Crippen MR) is 59.7 cm³/mol. The highest BCUT2D eigenvalue weighted by molar-refractivity contribution is 4.83. The van der Waals surface area contributed by atoms with Crippen molar-refractivity contribution < 1.29 is 4.42 Å². The Labute approximate surface area is 91.5 Å². The molecule has 86 valence electrons. The van der Waals surface area contributed by atoms with E-state index in [-0.39, 0.29) is 0 Å². The van der Waals surface area contributed by atoms with Crippen LogP contribution >= 0.6 is 0 Å². The molecule has 1 N–H and O–H groups in total. The van der Waals surface area contributed by atoms with Gasteiger partial charge in [-0.15, -0.1) is 10.2 Å². The zero-order valence-electron chi connectivity index (χ0n) is 10.1. The maximum absolute atomic E-state index is 5.51. The summed E-state index contributed by atoms with van der Waals surface area (Å²) in [6, 6.07) is 0.503. The second-order valence-electron chi connectivity index (χ2n) is 4.55. The fourth-order valence-corrected chi connectivity index (χ4v) is 1.29. The summed E-state index contributed by atoms with van der Waals surface area (Å²) in [6.45, 7) is 9.42. The van der Waals surface area contributed by atoms with Crippen molar-refractivity contribution in [3.05, 3.63) is 11.8 Å². The van der Waals surface area contributed by atoms with Gasteiger partial charge in [-0.25, -0.2) is 0 Å². The molecular weight excluding hydrogens is 190 g/mol. The lowest BCUT2D eigenvalue weighted by Crippen LogP contribution is -2.25. The van der Waals surface area contributed by atoms with Crippen LogP contribution in [0.15, 0.2) is 4.42 Å². The fourth-order valence-electron chi connectivity index (χ4n) is 1.29. The second-order valence-corrected chi connectivity index (χ2v) is 4.55. The van der Waals surface area contributed by atoms with Gasteiger partial charge in [-0.2, -0.15) is 0 Å². The molecule has 1 rings (SSSR count). The molecule has 0 fully saturated rings. The first-order chi connectivity index (χ1) is 7.08. The molecule has 0 spiro atoms. The number of hydrogen-bond acceptors (Lipinski definition) is 4. The van der Waals surface area contributed by atoms with E-state index in [1.165, 1.54) is 0 Å². The first kappa shape index (κ1) is 12.2. The quantitative estimate of drug-likeness (QED) is 0.779. The Hall–Kier alpha value is -0.900. The predicted octanol–water partition coefficient (Wildman–Crippen LogP) is 1.81. The summed E-state index contributed by atoms with van der Waals surface area (Å²) in [4.78, 5) is 0. The summed E-state index contributed by atoms with van der Waals surface area (Å²) in [5.41, 5.74) is 0. The molecule has 4 heteroatoms. The molecule has 0 aromatic carbocycles. The molecular formula is C11H21N3O. The number of nitrogens with zero attached hydrogens (tertiary/aromatic N) is 2. The third kappa shape index (κ3) is 4.93. The van der Waals surface area contributed by atoms with E-state index in [1.807, 2.05) is 0 Å². The van der Waals surface area contributed by atoms with Crippen LogP contribution in [-0.2, 0) is 12.8 Å². The first-order valence-corrected chi connectivity index (χ1v) is 5.62. The molecule has 0 aliphatic carbocycles. The lowest BCUT2D eigenvalue weighted by atomic mass is 10.1.